The van der Waals surface area contributed by atoms with Crippen LogP contribution in [0.1, 0.15) is 0 Å². The van der Waals surface area contributed by atoms with Gasteiger partial charge in [-0.25, -0.2) is 15.0 Å². The van der Waals surface area contributed by atoms with E-state index in [-0.39, 0.29) is 0 Å². The quantitative estimate of drug-likeness (QED) is 0.178. The Morgan fingerprint density at radius 3 is 1.75 bits per heavy atom. The van der Waals surface area contributed by atoms with E-state index in [9.17, 15) is 0 Å². The average molecular weight is 787 g/mol. The van der Waals surface area contributed by atoms with Gasteiger partial charge < -0.3 is 4.57 Å². The van der Waals surface area contributed by atoms with Crippen LogP contribution in [0.15, 0.2) is 182 Å². The SMILES string of the molecule is c1ccc2cc3c(cc2c1)c1ccccc1n3-c1c(-c2nc(-c3cccc4ccccc34)nc(-c3cccc4sc5ccccc5c34)n2)ccc2c1sc1ccccc12. The highest BCUT2D eigenvalue weighted by molar-refractivity contribution is 7.26. The Kier molecular flexibility index (Phi) is 7.02. The lowest BCUT2D eigenvalue weighted by Crippen LogP contribution is -2.04. The van der Waals surface area contributed by atoms with Crippen molar-refractivity contribution in [1.82, 2.24) is 19.5 Å². The third kappa shape index (κ3) is 4.91. The largest absolute Gasteiger partial charge is 0.307 e. The second-order valence-electron chi connectivity index (χ2n) is 15.1. The lowest BCUT2D eigenvalue weighted by molar-refractivity contribution is 1.07. The van der Waals surface area contributed by atoms with Gasteiger partial charge in [0.1, 0.15) is 0 Å². The normalized spacial score (nSPS) is 12.1. The van der Waals surface area contributed by atoms with E-state index >= 15 is 0 Å². The van der Waals surface area contributed by atoms with Crippen molar-refractivity contribution >= 4 is 106 Å². The molecule has 0 radical (unpaired) electrons. The summed E-state index contributed by atoms with van der Waals surface area (Å²) in [6, 6.07) is 65.4. The summed E-state index contributed by atoms with van der Waals surface area (Å²) < 4.78 is 7.37. The van der Waals surface area contributed by atoms with Crippen molar-refractivity contribution in [2.45, 2.75) is 0 Å². The van der Waals surface area contributed by atoms with Crippen molar-refractivity contribution in [2.24, 2.45) is 0 Å². The Morgan fingerprint density at radius 2 is 0.915 bits per heavy atom. The Bertz CT molecular complexity index is 3870. The van der Waals surface area contributed by atoms with E-state index in [0.29, 0.717) is 17.5 Å². The maximum absolute atomic E-state index is 5.53. The number of fused-ring (bicyclic) bond motifs is 11. The molecule has 4 aromatic heterocycles. The Morgan fingerprint density at radius 1 is 0.339 bits per heavy atom. The molecule has 0 aliphatic carbocycles. The molecule has 0 fully saturated rings. The third-order valence-corrected chi connectivity index (χ3v) is 14.2. The molecule has 0 spiro atoms. The first-order chi connectivity index (χ1) is 29.2. The zero-order chi connectivity index (χ0) is 38.6. The summed E-state index contributed by atoms with van der Waals surface area (Å²) in [5, 5.41) is 11.9. The van der Waals surface area contributed by atoms with Crippen molar-refractivity contribution in [3.05, 3.63) is 182 Å². The predicted octanol–water partition coefficient (Wildman–Crippen LogP) is 15.0. The molecule has 274 valence electrons. The molecule has 4 heterocycles. The highest BCUT2D eigenvalue weighted by Gasteiger charge is 2.25. The molecular formula is C53H30N4S2. The second kappa shape index (κ2) is 12.6. The lowest BCUT2D eigenvalue weighted by Gasteiger charge is -2.16. The summed E-state index contributed by atoms with van der Waals surface area (Å²) in [6.45, 7) is 0. The molecule has 0 saturated heterocycles. The summed E-state index contributed by atoms with van der Waals surface area (Å²) in [7, 11) is 0. The topological polar surface area (TPSA) is 43.6 Å². The van der Waals surface area contributed by atoms with Gasteiger partial charge in [0.25, 0.3) is 0 Å². The first-order valence-corrected chi connectivity index (χ1v) is 21.4. The molecular weight excluding hydrogens is 757 g/mol. The molecule has 13 rings (SSSR count). The minimum absolute atomic E-state index is 0.635. The number of hydrogen-bond acceptors (Lipinski definition) is 5. The number of hydrogen-bond donors (Lipinski definition) is 0. The molecule has 4 nitrogen and oxygen atoms in total. The maximum Gasteiger partial charge on any atom is 0.166 e. The van der Waals surface area contributed by atoms with Crippen LogP contribution in [0.2, 0.25) is 0 Å². The van der Waals surface area contributed by atoms with Gasteiger partial charge in [-0.3, -0.25) is 0 Å². The van der Waals surface area contributed by atoms with Gasteiger partial charge in [0.15, 0.2) is 17.5 Å². The van der Waals surface area contributed by atoms with E-state index in [1.54, 1.807) is 0 Å². The summed E-state index contributed by atoms with van der Waals surface area (Å²) in [5.74, 6) is 1.94. The monoisotopic (exact) mass is 786 g/mol. The molecule has 0 saturated carbocycles. The summed E-state index contributed by atoms with van der Waals surface area (Å²) >= 11 is 3.64. The third-order valence-electron chi connectivity index (χ3n) is 11.8. The number of para-hydroxylation sites is 1. The molecule has 9 aromatic carbocycles. The van der Waals surface area contributed by atoms with E-state index in [0.717, 1.165) is 44.2 Å². The Labute approximate surface area is 345 Å². The fourth-order valence-electron chi connectivity index (χ4n) is 9.19. The van der Waals surface area contributed by atoms with Crippen molar-refractivity contribution in [3.8, 4) is 39.9 Å². The van der Waals surface area contributed by atoms with Gasteiger partial charge in [-0.1, -0.05) is 140 Å². The number of nitrogens with zero attached hydrogens (tertiary/aromatic N) is 4. The van der Waals surface area contributed by atoms with Crippen LogP contribution in [-0.4, -0.2) is 19.5 Å². The van der Waals surface area contributed by atoms with Crippen LogP contribution < -0.4 is 0 Å². The van der Waals surface area contributed by atoms with Crippen LogP contribution in [-0.2, 0) is 0 Å². The van der Waals surface area contributed by atoms with Gasteiger partial charge >= 0.3 is 0 Å². The molecule has 0 unspecified atom stereocenters. The number of benzene rings is 9. The van der Waals surface area contributed by atoms with Crippen LogP contribution in [0.5, 0.6) is 0 Å². The van der Waals surface area contributed by atoms with Gasteiger partial charge in [0, 0.05) is 63.1 Å². The zero-order valence-electron chi connectivity index (χ0n) is 31.4. The highest BCUT2D eigenvalue weighted by Crippen LogP contribution is 2.46. The van der Waals surface area contributed by atoms with Crippen LogP contribution in [0.25, 0.3) is 124 Å². The molecule has 59 heavy (non-hydrogen) atoms. The standard InChI is InChI=1S/C53H30N4S2/c1-2-15-33-30-44-42(29-32(33)14-1)35-18-5-8-23-43(35)57(44)49-41(28-27-37-36-19-6-9-24-45(36)59-50(37)49)53-55-51(38-21-11-16-31-13-3-4-17-34(31)38)54-52(56-53)40-22-12-26-47-48(40)39-20-7-10-25-46(39)58-47/h1-30H. The maximum atomic E-state index is 5.53. The van der Waals surface area contributed by atoms with E-state index in [1.165, 1.54) is 61.9 Å². The molecule has 0 aliphatic rings. The summed E-state index contributed by atoms with van der Waals surface area (Å²) in [6.07, 6.45) is 0. The number of rotatable bonds is 4. The minimum Gasteiger partial charge on any atom is -0.307 e. The predicted molar refractivity (Wildman–Crippen MR) is 251 cm³/mol. The van der Waals surface area contributed by atoms with Crippen LogP contribution in [0.3, 0.4) is 0 Å². The molecule has 6 heteroatoms. The van der Waals surface area contributed by atoms with Crippen LogP contribution in [0.4, 0.5) is 0 Å². The molecule has 0 aliphatic heterocycles. The number of aromatic nitrogens is 4. The van der Waals surface area contributed by atoms with E-state index in [2.05, 4.69) is 187 Å². The Hall–Kier alpha value is -7.25. The smallest absolute Gasteiger partial charge is 0.166 e. The van der Waals surface area contributed by atoms with Gasteiger partial charge in [-0.2, -0.15) is 0 Å². The van der Waals surface area contributed by atoms with Gasteiger partial charge in [0.2, 0.25) is 0 Å². The molecule has 0 amide bonds. The van der Waals surface area contributed by atoms with Gasteiger partial charge in [-0.05, 0) is 64.0 Å². The minimum atomic E-state index is 0.635. The van der Waals surface area contributed by atoms with Crippen molar-refractivity contribution < 1.29 is 0 Å². The van der Waals surface area contributed by atoms with Crippen LogP contribution in [0, 0.1) is 0 Å². The van der Waals surface area contributed by atoms with Crippen molar-refractivity contribution in [1.29, 1.82) is 0 Å². The Balaban J connectivity index is 1.19. The van der Waals surface area contributed by atoms with Crippen LogP contribution >= 0.6 is 22.7 Å². The second-order valence-corrected chi connectivity index (χ2v) is 17.3. The van der Waals surface area contributed by atoms with Gasteiger partial charge in [-0.15, -0.1) is 22.7 Å². The number of thiophene rings is 2. The van der Waals surface area contributed by atoms with E-state index < -0.39 is 0 Å². The fraction of sp³-hybridized carbons (Fsp3) is 0. The van der Waals surface area contributed by atoms with Gasteiger partial charge in [0.05, 0.1) is 21.4 Å². The first-order valence-electron chi connectivity index (χ1n) is 19.8. The first kappa shape index (κ1) is 32.8. The molecule has 0 N–H and O–H groups in total. The summed E-state index contributed by atoms with van der Waals surface area (Å²) in [5.41, 5.74) is 6.29. The van der Waals surface area contributed by atoms with Crippen molar-refractivity contribution in [2.75, 3.05) is 0 Å². The fourth-order valence-corrected chi connectivity index (χ4v) is 11.6. The average Bonchev–Trinajstić information content (AvgIpc) is 3.97. The van der Waals surface area contributed by atoms with Crippen molar-refractivity contribution in [3.63, 3.8) is 0 Å². The highest BCUT2D eigenvalue weighted by atomic mass is 32.1. The molecule has 0 atom stereocenters. The zero-order valence-corrected chi connectivity index (χ0v) is 33.1. The van der Waals surface area contributed by atoms with E-state index in [1.807, 2.05) is 22.7 Å². The van der Waals surface area contributed by atoms with E-state index in [4.69, 9.17) is 15.0 Å². The summed E-state index contributed by atoms with van der Waals surface area (Å²) in [4.78, 5) is 16.4. The lowest BCUT2D eigenvalue weighted by atomic mass is 10.0. The molecule has 0 bridgehead atoms. The molecule has 13 aromatic rings.